The van der Waals surface area contributed by atoms with Crippen molar-refractivity contribution in [2.24, 2.45) is 9.98 Å². The molecule has 2 atom stereocenters. The van der Waals surface area contributed by atoms with Crippen LogP contribution in [0.2, 0.25) is 0 Å². The number of fused-ring (bicyclic) bond motifs is 1. The van der Waals surface area contributed by atoms with Crippen molar-refractivity contribution in [3.63, 3.8) is 0 Å². The molecule has 3 heterocycles. The predicted octanol–water partition coefficient (Wildman–Crippen LogP) is 1.67. The van der Waals surface area contributed by atoms with Gasteiger partial charge < -0.3 is 9.64 Å². The van der Waals surface area contributed by atoms with E-state index in [9.17, 15) is 9.18 Å². The zero-order valence-corrected chi connectivity index (χ0v) is 14.9. The fourth-order valence-electron chi connectivity index (χ4n) is 3.58. The van der Waals surface area contributed by atoms with Gasteiger partial charge in [0.05, 0.1) is 18.8 Å². The third-order valence-corrected chi connectivity index (χ3v) is 4.98. The highest BCUT2D eigenvalue weighted by Crippen LogP contribution is 2.28. The van der Waals surface area contributed by atoms with Crippen LogP contribution in [0.1, 0.15) is 26.7 Å². The van der Waals surface area contributed by atoms with E-state index in [1.165, 1.54) is 0 Å². The number of rotatable bonds is 2. The molecule has 0 aromatic carbocycles. The molecule has 4 aliphatic rings. The number of hydrazine groups is 1. The van der Waals surface area contributed by atoms with Crippen LogP contribution in [0.25, 0.3) is 0 Å². The summed E-state index contributed by atoms with van der Waals surface area (Å²) in [6, 6.07) is 0. The Morgan fingerprint density at radius 1 is 1.35 bits per heavy atom. The lowest BCUT2D eigenvalue weighted by Gasteiger charge is -2.39. The van der Waals surface area contributed by atoms with Crippen molar-refractivity contribution in [1.82, 2.24) is 15.3 Å². The summed E-state index contributed by atoms with van der Waals surface area (Å²) in [6.07, 6.45) is 5.42. The Balaban J connectivity index is 1.51. The third-order valence-electron chi connectivity index (χ3n) is 4.98. The first kappa shape index (κ1) is 17.0. The number of hydrogen-bond acceptors (Lipinski definition) is 6. The van der Waals surface area contributed by atoms with Gasteiger partial charge in [-0.25, -0.2) is 19.4 Å². The molecule has 0 aromatic rings. The summed E-state index contributed by atoms with van der Waals surface area (Å²) in [5.41, 5.74) is 6.07. The molecule has 0 aromatic heterocycles. The number of ether oxygens (including phenoxy) is 1. The molecule has 1 aliphatic carbocycles. The second-order valence-corrected chi connectivity index (χ2v) is 6.83. The van der Waals surface area contributed by atoms with Gasteiger partial charge in [-0.1, -0.05) is 0 Å². The molecule has 0 saturated carbocycles. The normalized spacial score (nSPS) is 28.3. The number of morpholine rings is 1. The van der Waals surface area contributed by atoms with Crippen LogP contribution in [0.4, 0.5) is 4.39 Å². The number of halogens is 1. The van der Waals surface area contributed by atoms with E-state index < -0.39 is 0 Å². The predicted molar refractivity (Wildman–Crippen MR) is 95.9 cm³/mol. The van der Waals surface area contributed by atoms with E-state index in [-0.39, 0.29) is 24.1 Å². The van der Waals surface area contributed by atoms with E-state index in [1.807, 2.05) is 18.0 Å². The quantitative estimate of drug-likeness (QED) is 0.814. The minimum Gasteiger partial charge on any atom is -0.368 e. The zero-order chi connectivity index (χ0) is 18.3. The lowest BCUT2D eigenvalue weighted by Crippen LogP contribution is -2.52. The van der Waals surface area contributed by atoms with E-state index >= 15 is 0 Å². The Hall–Kier alpha value is -2.48. The minimum absolute atomic E-state index is 0.0332. The number of amides is 1. The van der Waals surface area contributed by atoms with Crippen molar-refractivity contribution in [1.29, 1.82) is 0 Å². The van der Waals surface area contributed by atoms with Gasteiger partial charge >= 0.3 is 0 Å². The standard InChI is InChI=1S/C18H22FN5O2/c1-11-7-13(3-4-14(11)19)17(25)23-5-6-26-16(9-23)15-8-12(2)22-18-20-10-21-24(15)18/h7-8,10,16,18H,3-6,9H2,1-2H3,(H,20,21). The molecule has 26 heavy (non-hydrogen) atoms. The van der Waals surface area contributed by atoms with E-state index in [4.69, 9.17) is 4.74 Å². The molecule has 138 valence electrons. The summed E-state index contributed by atoms with van der Waals surface area (Å²) in [5, 5.41) is 1.85. The number of allylic oxidation sites excluding steroid dienone is 4. The van der Waals surface area contributed by atoms with Crippen LogP contribution in [0, 0.1) is 0 Å². The summed E-state index contributed by atoms with van der Waals surface area (Å²) in [4.78, 5) is 23.4. The minimum atomic E-state index is -0.318. The second kappa shape index (κ2) is 6.68. The average Bonchev–Trinajstić information content (AvgIpc) is 3.11. The molecule has 4 rings (SSSR count). The maximum Gasteiger partial charge on any atom is 0.249 e. The first-order valence-corrected chi connectivity index (χ1v) is 8.82. The molecule has 8 heteroatoms. The number of carbonyl (C=O) groups excluding carboxylic acids is 1. The Morgan fingerprint density at radius 3 is 3.00 bits per heavy atom. The van der Waals surface area contributed by atoms with Gasteiger partial charge in [0.2, 0.25) is 12.2 Å². The van der Waals surface area contributed by atoms with Crippen molar-refractivity contribution in [3.8, 4) is 0 Å². The maximum absolute atomic E-state index is 13.6. The van der Waals surface area contributed by atoms with Gasteiger partial charge in [-0.2, -0.15) is 0 Å². The molecule has 1 N–H and O–H groups in total. The number of aliphatic imine (C=N–C) groups is 2. The fourth-order valence-corrected chi connectivity index (χ4v) is 3.58. The monoisotopic (exact) mass is 359 g/mol. The zero-order valence-electron chi connectivity index (χ0n) is 14.9. The maximum atomic E-state index is 13.6. The first-order valence-electron chi connectivity index (χ1n) is 8.82. The SMILES string of the molecule is CC1=NC2N=CNN2C(C2CN(C(=O)C3=CC(C)=C(F)CC3)CCO2)=C1. The topological polar surface area (TPSA) is 69.5 Å². The van der Waals surface area contributed by atoms with Gasteiger partial charge in [0.1, 0.15) is 18.3 Å². The van der Waals surface area contributed by atoms with Gasteiger partial charge in [0.15, 0.2) is 0 Å². The highest BCUT2D eigenvalue weighted by atomic mass is 19.1. The largest absolute Gasteiger partial charge is 0.368 e. The molecule has 2 unspecified atom stereocenters. The van der Waals surface area contributed by atoms with Gasteiger partial charge in [0.25, 0.3) is 0 Å². The Kier molecular flexibility index (Phi) is 4.36. The Bertz CT molecular complexity index is 782. The number of nitrogens with zero attached hydrogens (tertiary/aromatic N) is 4. The molecule has 1 fully saturated rings. The average molecular weight is 359 g/mol. The van der Waals surface area contributed by atoms with E-state index in [0.29, 0.717) is 43.7 Å². The molecule has 7 nitrogen and oxygen atoms in total. The summed E-state index contributed by atoms with van der Waals surface area (Å²) in [5.74, 6) is -0.163. The van der Waals surface area contributed by atoms with Crippen LogP contribution in [-0.2, 0) is 9.53 Å². The first-order chi connectivity index (χ1) is 12.5. The molecular weight excluding hydrogens is 337 g/mol. The number of hydrogen-bond donors (Lipinski definition) is 1. The molecule has 3 aliphatic heterocycles. The Labute approximate surface area is 151 Å². The summed E-state index contributed by atoms with van der Waals surface area (Å²) >= 11 is 0. The van der Waals surface area contributed by atoms with Gasteiger partial charge in [-0.05, 0) is 38.0 Å². The summed E-state index contributed by atoms with van der Waals surface area (Å²) in [6.45, 7) is 5.07. The molecule has 0 bridgehead atoms. The molecule has 0 spiro atoms. The lowest BCUT2D eigenvalue weighted by molar-refractivity contribution is -0.134. The Morgan fingerprint density at radius 2 is 2.19 bits per heavy atom. The molecule has 1 amide bonds. The van der Waals surface area contributed by atoms with Gasteiger partial charge in [-0.3, -0.25) is 10.2 Å². The van der Waals surface area contributed by atoms with Gasteiger partial charge in [-0.15, -0.1) is 0 Å². The van der Waals surface area contributed by atoms with Crippen LogP contribution in [0.15, 0.2) is 44.8 Å². The summed E-state index contributed by atoms with van der Waals surface area (Å²) < 4.78 is 19.5. The van der Waals surface area contributed by atoms with E-state index in [2.05, 4.69) is 15.4 Å². The fraction of sp³-hybridized carbons (Fsp3) is 0.500. The van der Waals surface area contributed by atoms with Crippen LogP contribution in [-0.4, -0.2) is 60.0 Å². The highest BCUT2D eigenvalue weighted by molar-refractivity contribution is 5.95. The lowest BCUT2D eigenvalue weighted by atomic mass is 9.98. The third kappa shape index (κ3) is 3.05. The van der Waals surface area contributed by atoms with Crippen molar-refractivity contribution in [2.75, 3.05) is 19.7 Å². The van der Waals surface area contributed by atoms with Crippen molar-refractivity contribution >= 4 is 18.0 Å². The van der Waals surface area contributed by atoms with Crippen LogP contribution in [0.5, 0.6) is 0 Å². The molecule has 1 saturated heterocycles. The highest BCUT2D eigenvalue weighted by Gasteiger charge is 2.35. The van der Waals surface area contributed by atoms with E-state index in [0.717, 1.165) is 11.4 Å². The second-order valence-electron chi connectivity index (χ2n) is 6.83. The van der Waals surface area contributed by atoms with Crippen LogP contribution < -0.4 is 5.43 Å². The molecular formula is C18H22FN5O2. The number of carbonyl (C=O) groups is 1. The van der Waals surface area contributed by atoms with Gasteiger partial charge in [0, 0.05) is 24.3 Å². The molecule has 0 radical (unpaired) electrons. The number of nitrogens with one attached hydrogen (secondary N) is 1. The van der Waals surface area contributed by atoms with Crippen molar-refractivity contribution in [2.45, 2.75) is 39.1 Å². The van der Waals surface area contributed by atoms with Crippen molar-refractivity contribution in [3.05, 3.63) is 34.8 Å². The van der Waals surface area contributed by atoms with E-state index in [1.54, 1.807) is 24.2 Å². The smallest absolute Gasteiger partial charge is 0.249 e. The van der Waals surface area contributed by atoms with Crippen LogP contribution in [0.3, 0.4) is 0 Å². The van der Waals surface area contributed by atoms with Crippen LogP contribution >= 0.6 is 0 Å². The summed E-state index contributed by atoms with van der Waals surface area (Å²) in [7, 11) is 0. The van der Waals surface area contributed by atoms with Crippen molar-refractivity contribution < 1.29 is 13.9 Å².